The predicted octanol–water partition coefficient (Wildman–Crippen LogP) is 3.76. The van der Waals surface area contributed by atoms with Crippen molar-refractivity contribution < 1.29 is 13.9 Å². The van der Waals surface area contributed by atoms with Crippen molar-refractivity contribution in [3.63, 3.8) is 0 Å². The lowest BCUT2D eigenvalue weighted by atomic mass is 9.90. The first kappa shape index (κ1) is 17.9. The minimum Gasteiger partial charge on any atom is -0.460 e. The van der Waals surface area contributed by atoms with Gasteiger partial charge in [0.1, 0.15) is 29.3 Å². The van der Waals surface area contributed by atoms with Crippen LogP contribution in [0, 0.1) is 11.7 Å². The number of benzene rings is 1. The van der Waals surface area contributed by atoms with Crippen LogP contribution in [0.2, 0.25) is 0 Å². The van der Waals surface area contributed by atoms with E-state index in [1.54, 1.807) is 24.4 Å². The average molecular weight is 369 g/mol. The molecule has 0 spiro atoms. The largest absolute Gasteiger partial charge is 0.460 e. The normalized spacial score (nSPS) is 17.3. The molecule has 1 aliphatic heterocycles. The Hall–Kier alpha value is -2.44. The Morgan fingerprint density at radius 2 is 2.00 bits per heavy atom. The SMILES string of the molecule is Cn1ccnc1[C@@H](O)C1CCN(Cc2ccc(-c3ccccc3F)o2)CC1. The lowest BCUT2D eigenvalue weighted by Gasteiger charge is -2.33. The molecule has 142 valence electrons. The third kappa shape index (κ3) is 3.82. The smallest absolute Gasteiger partial charge is 0.137 e. The molecule has 6 heteroatoms. The van der Waals surface area contributed by atoms with Crippen LogP contribution < -0.4 is 0 Å². The summed E-state index contributed by atoms with van der Waals surface area (Å²) in [4.78, 5) is 6.58. The van der Waals surface area contributed by atoms with Crippen LogP contribution in [0.4, 0.5) is 4.39 Å². The van der Waals surface area contributed by atoms with E-state index in [4.69, 9.17) is 4.42 Å². The second kappa shape index (κ2) is 7.66. The molecule has 1 atom stereocenters. The van der Waals surface area contributed by atoms with Crippen LogP contribution >= 0.6 is 0 Å². The molecule has 0 bridgehead atoms. The second-order valence-electron chi connectivity index (χ2n) is 7.20. The van der Waals surface area contributed by atoms with E-state index in [1.165, 1.54) is 6.07 Å². The molecule has 1 saturated heterocycles. The molecule has 5 nitrogen and oxygen atoms in total. The summed E-state index contributed by atoms with van der Waals surface area (Å²) in [6.45, 7) is 2.48. The Labute approximate surface area is 158 Å². The molecule has 0 saturated carbocycles. The Kier molecular flexibility index (Phi) is 5.09. The van der Waals surface area contributed by atoms with E-state index in [0.717, 1.165) is 37.5 Å². The summed E-state index contributed by atoms with van der Waals surface area (Å²) in [6, 6.07) is 10.4. The molecule has 0 unspecified atom stereocenters. The molecule has 4 rings (SSSR count). The number of halogens is 1. The molecule has 0 aliphatic carbocycles. The molecule has 1 N–H and O–H groups in total. The molecular formula is C21H24FN3O2. The number of hydrogen-bond acceptors (Lipinski definition) is 4. The number of hydrogen-bond donors (Lipinski definition) is 1. The Morgan fingerprint density at radius 3 is 2.70 bits per heavy atom. The zero-order valence-corrected chi connectivity index (χ0v) is 15.4. The van der Waals surface area contributed by atoms with Gasteiger partial charge in [-0.25, -0.2) is 9.37 Å². The molecule has 0 radical (unpaired) electrons. The van der Waals surface area contributed by atoms with Gasteiger partial charge in [0.15, 0.2) is 0 Å². The maximum atomic E-state index is 13.9. The average Bonchev–Trinajstić information content (AvgIpc) is 3.31. The van der Waals surface area contributed by atoms with Crippen molar-refractivity contribution in [2.24, 2.45) is 13.0 Å². The van der Waals surface area contributed by atoms with Crippen LogP contribution in [0.1, 0.15) is 30.5 Å². The van der Waals surface area contributed by atoms with Gasteiger partial charge in [0.2, 0.25) is 0 Å². The zero-order valence-electron chi connectivity index (χ0n) is 15.4. The number of aliphatic hydroxyl groups is 1. The summed E-state index contributed by atoms with van der Waals surface area (Å²) < 4.78 is 21.6. The molecule has 27 heavy (non-hydrogen) atoms. The van der Waals surface area contributed by atoms with Crippen LogP contribution in [0.15, 0.2) is 53.2 Å². The zero-order chi connectivity index (χ0) is 18.8. The van der Waals surface area contributed by atoms with Gasteiger partial charge in [-0.3, -0.25) is 4.90 Å². The van der Waals surface area contributed by atoms with E-state index in [-0.39, 0.29) is 11.7 Å². The van der Waals surface area contributed by atoms with E-state index in [2.05, 4.69) is 9.88 Å². The maximum absolute atomic E-state index is 13.9. The van der Waals surface area contributed by atoms with Gasteiger partial charge in [-0.1, -0.05) is 12.1 Å². The molecule has 0 amide bonds. The lowest BCUT2D eigenvalue weighted by molar-refractivity contribution is 0.0476. The van der Waals surface area contributed by atoms with Crippen molar-refractivity contribution in [3.05, 3.63) is 66.2 Å². The number of likely N-dealkylation sites (tertiary alicyclic amines) is 1. The highest BCUT2D eigenvalue weighted by molar-refractivity contribution is 5.58. The summed E-state index contributed by atoms with van der Waals surface area (Å²) in [7, 11) is 1.91. The number of nitrogens with zero attached hydrogens (tertiary/aromatic N) is 3. The van der Waals surface area contributed by atoms with E-state index in [9.17, 15) is 9.50 Å². The van der Waals surface area contributed by atoms with E-state index >= 15 is 0 Å². The second-order valence-corrected chi connectivity index (χ2v) is 7.20. The number of aromatic nitrogens is 2. The molecule has 3 heterocycles. The van der Waals surface area contributed by atoms with Gasteiger partial charge in [-0.15, -0.1) is 0 Å². The fourth-order valence-corrected chi connectivity index (χ4v) is 3.79. The summed E-state index contributed by atoms with van der Waals surface area (Å²) in [5.74, 6) is 2.06. The van der Waals surface area contributed by atoms with Crippen LogP contribution in [0.3, 0.4) is 0 Å². The molecule has 3 aromatic rings. The van der Waals surface area contributed by atoms with Crippen molar-refractivity contribution >= 4 is 0 Å². The monoisotopic (exact) mass is 369 g/mol. The number of rotatable bonds is 5. The van der Waals surface area contributed by atoms with Crippen LogP contribution in [0.5, 0.6) is 0 Å². The molecule has 1 fully saturated rings. The van der Waals surface area contributed by atoms with Gasteiger partial charge in [0, 0.05) is 19.4 Å². The third-order valence-corrected chi connectivity index (χ3v) is 5.38. The van der Waals surface area contributed by atoms with Gasteiger partial charge in [-0.05, 0) is 56.1 Å². The van der Waals surface area contributed by atoms with Gasteiger partial charge in [-0.2, -0.15) is 0 Å². The quantitative estimate of drug-likeness (QED) is 0.744. The Bertz CT molecular complexity index is 896. The summed E-state index contributed by atoms with van der Waals surface area (Å²) >= 11 is 0. The number of piperidine rings is 1. The highest BCUT2D eigenvalue weighted by atomic mass is 19.1. The molecular weight excluding hydrogens is 345 g/mol. The Morgan fingerprint density at radius 1 is 1.22 bits per heavy atom. The molecule has 2 aromatic heterocycles. The number of furan rings is 1. The van der Waals surface area contributed by atoms with Crippen molar-refractivity contribution in [2.75, 3.05) is 13.1 Å². The van der Waals surface area contributed by atoms with Gasteiger partial charge in [0.05, 0.1) is 12.1 Å². The first-order valence-corrected chi connectivity index (χ1v) is 9.33. The minimum absolute atomic E-state index is 0.216. The fraction of sp³-hybridized carbons (Fsp3) is 0.381. The summed E-state index contributed by atoms with van der Waals surface area (Å²) in [5.41, 5.74) is 0.487. The first-order chi connectivity index (χ1) is 13.1. The Balaban J connectivity index is 1.35. The first-order valence-electron chi connectivity index (χ1n) is 9.33. The minimum atomic E-state index is -0.525. The fourth-order valence-electron chi connectivity index (χ4n) is 3.79. The number of aryl methyl sites for hydroxylation is 1. The predicted molar refractivity (Wildman–Crippen MR) is 100 cm³/mol. The van der Waals surface area contributed by atoms with Crippen molar-refractivity contribution in [1.29, 1.82) is 0 Å². The highest BCUT2D eigenvalue weighted by Crippen LogP contribution is 2.31. The van der Waals surface area contributed by atoms with E-state index < -0.39 is 6.10 Å². The molecule has 1 aromatic carbocycles. The van der Waals surface area contributed by atoms with Gasteiger partial charge >= 0.3 is 0 Å². The number of imidazole rings is 1. The van der Waals surface area contributed by atoms with Crippen molar-refractivity contribution in [3.8, 4) is 11.3 Å². The lowest BCUT2D eigenvalue weighted by Crippen LogP contribution is -2.35. The van der Waals surface area contributed by atoms with Crippen LogP contribution in [-0.2, 0) is 13.6 Å². The van der Waals surface area contributed by atoms with Gasteiger partial charge < -0.3 is 14.1 Å². The van der Waals surface area contributed by atoms with Crippen molar-refractivity contribution in [1.82, 2.24) is 14.5 Å². The van der Waals surface area contributed by atoms with E-state index in [1.807, 2.05) is 29.9 Å². The van der Waals surface area contributed by atoms with Crippen LogP contribution in [-0.4, -0.2) is 32.6 Å². The molecule has 1 aliphatic rings. The van der Waals surface area contributed by atoms with Gasteiger partial charge in [0.25, 0.3) is 0 Å². The highest BCUT2D eigenvalue weighted by Gasteiger charge is 2.28. The number of aliphatic hydroxyl groups excluding tert-OH is 1. The van der Waals surface area contributed by atoms with E-state index in [0.29, 0.717) is 17.9 Å². The topological polar surface area (TPSA) is 54.4 Å². The summed E-state index contributed by atoms with van der Waals surface area (Å²) in [5, 5.41) is 10.6. The maximum Gasteiger partial charge on any atom is 0.137 e. The van der Waals surface area contributed by atoms with Crippen molar-refractivity contribution in [2.45, 2.75) is 25.5 Å². The summed E-state index contributed by atoms with van der Waals surface area (Å²) in [6.07, 6.45) is 4.88. The third-order valence-electron chi connectivity index (χ3n) is 5.38. The standard InChI is InChI=1S/C21H24FN3O2/c1-24-13-10-23-21(24)20(26)15-8-11-25(12-9-15)14-16-6-7-19(27-16)17-4-2-3-5-18(17)22/h2-7,10,13,15,20,26H,8-9,11-12,14H2,1H3/t20-/m0/s1. The van der Waals surface area contributed by atoms with Crippen LogP contribution in [0.25, 0.3) is 11.3 Å².